The van der Waals surface area contributed by atoms with E-state index in [1.54, 1.807) is 6.07 Å². The van der Waals surface area contributed by atoms with Crippen molar-refractivity contribution in [1.29, 1.82) is 0 Å². The highest BCUT2D eigenvalue weighted by Gasteiger charge is 2.48. The molecule has 0 spiro atoms. The third kappa shape index (κ3) is 3.96. The quantitative estimate of drug-likeness (QED) is 0.856. The maximum absolute atomic E-state index is 12.8. The molecule has 2 fully saturated rings. The van der Waals surface area contributed by atoms with E-state index in [0.29, 0.717) is 10.0 Å². The first kappa shape index (κ1) is 18.9. The summed E-state index contributed by atoms with van der Waals surface area (Å²) in [5, 5.41) is 1.29. The van der Waals surface area contributed by atoms with Crippen LogP contribution in [0.3, 0.4) is 0 Å². The minimum Gasteiger partial charge on any atom is -0.338 e. The molecule has 23 heavy (non-hydrogen) atoms. The van der Waals surface area contributed by atoms with Crippen molar-refractivity contribution in [1.82, 2.24) is 4.90 Å². The number of nitrogens with two attached hydrogens (primary N) is 1. The standard InChI is InChI=1S/C17H22Cl2N2O.ClH/c1-10(20)16-4-2-3-7-21(16)17(22)14-9-13(14)12-6-5-11(18)8-15(12)19;/h5-6,8,10,13-14,16H,2-4,7,9,20H2,1H3;1H. The molecule has 1 amide bonds. The lowest BCUT2D eigenvalue weighted by molar-refractivity contribution is -0.136. The molecule has 2 aliphatic rings. The lowest BCUT2D eigenvalue weighted by atomic mass is 9.96. The van der Waals surface area contributed by atoms with Crippen LogP contribution in [0.4, 0.5) is 0 Å². The molecule has 0 aromatic heterocycles. The summed E-state index contributed by atoms with van der Waals surface area (Å²) >= 11 is 12.2. The first-order chi connectivity index (χ1) is 10.5. The molecule has 3 nitrogen and oxygen atoms in total. The summed E-state index contributed by atoms with van der Waals surface area (Å²) in [6.45, 7) is 2.83. The Kier molecular flexibility index (Phi) is 6.23. The van der Waals surface area contributed by atoms with Gasteiger partial charge in [0.2, 0.25) is 5.91 Å². The zero-order valence-electron chi connectivity index (χ0n) is 13.2. The van der Waals surface area contributed by atoms with Gasteiger partial charge >= 0.3 is 0 Å². The fraction of sp³-hybridized carbons (Fsp3) is 0.588. The molecule has 6 heteroatoms. The molecule has 0 bridgehead atoms. The Balaban J connectivity index is 0.00000192. The van der Waals surface area contributed by atoms with Crippen molar-refractivity contribution in [3.63, 3.8) is 0 Å². The molecule has 1 aromatic carbocycles. The van der Waals surface area contributed by atoms with E-state index in [1.807, 2.05) is 24.0 Å². The Morgan fingerprint density at radius 1 is 1.35 bits per heavy atom. The molecule has 3 rings (SSSR count). The molecule has 4 unspecified atom stereocenters. The van der Waals surface area contributed by atoms with Crippen LogP contribution in [0.5, 0.6) is 0 Å². The van der Waals surface area contributed by atoms with Gasteiger partial charge in [-0.3, -0.25) is 4.79 Å². The van der Waals surface area contributed by atoms with Crippen LogP contribution >= 0.6 is 35.6 Å². The topological polar surface area (TPSA) is 46.3 Å². The molecule has 0 radical (unpaired) electrons. The number of nitrogens with zero attached hydrogens (tertiary/aromatic N) is 1. The number of rotatable bonds is 3. The van der Waals surface area contributed by atoms with E-state index in [-0.39, 0.29) is 42.2 Å². The van der Waals surface area contributed by atoms with E-state index in [2.05, 4.69) is 0 Å². The van der Waals surface area contributed by atoms with E-state index in [4.69, 9.17) is 28.9 Å². The molecular weight excluding hydrogens is 355 g/mol. The summed E-state index contributed by atoms with van der Waals surface area (Å²) in [5.41, 5.74) is 7.11. The van der Waals surface area contributed by atoms with E-state index < -0.39 is 0 Å². The largest absolute Gasteiger partial charge is 0.338 e. The summed E-state index contributed by atoms with van der Waals surface area (Å²) in [4.78, 5) is 14.9. The van der Waals surface area contributed by atoms with Gasteiger partial charge < -0.3 is 10.6 Å². The normalized spacial score (nSPS) is 28.0. The van der Waals surface area contributed by atoms with Crippen LogP contribution in [0.15, 0.2) is 18.2 Å². The molecule has 128 valence electrons. The number of carbonyl (C=O) groups is 1. The minimum absolute atomic E-state index is 0. The monoisotopic (exact) mass is 376 g/mol. The molecular formula is C17H23Cl3N2O. The SMILES string of the molecule is CC(N)C1CCCCN1C(=O)C1CC1c1ccc(Cl)cc1Cl.Cl. The van der Waals surface area contributed by atoms with Crippen molar-refractivity contribution in [2.24, 2.45) is 11.7 Å². The van der Waals surface area contributed by atoms with Gasteiger partial charge in [-0.05, 0) is 56.2 Å². The fourth-order valence-corrected chi connectivity index (χ4v) is 4.15. The van der Waals surface area contributed by atoms with Gasteiger partial charge in [0.25, 0.3) is 0 Å². The van der Waals surface area contributed by atoms with Crippen LogP contribution in [-0.4, -0.2) is 29.4 Å². The maximum atomic E-state index is 12.8. The highest BCUT2D eigenvalue weighted by molar-refractivity contribution is 6.35. The number of benzene rings is 1. The van der Waals surface area contributed by atoms with Gasteiger partial charge in [-0.1, -0.05) is 29.3 Å². The maximum Gasteiger partial charge on any atom is 0.226 e. The Labute approximate surface area is 153 Å². The predicted octanol–water partition coefficient (Wildman–Crippen LogP) is 4.25. The van der Waals surface area contributed by atoms with Crippen LogP contribution in [-0.2, 0) is 4.79 Å². The van der Waals surface area contributed by atoms with Gasteiger partial charge in [0.05, 0.1) is 0 Å². The van der Waals surface area contributed by atoms with Gasteiger partial charge in [-0.15, -0.1) is 12.4 Å². The number of hydrogen-bond donors (Lipinski definition) is 1. The van der Waals surface area contributed by atoms with Crippen molar-refractivity contribution in [2.45, 2.75) is 50.6 Å². The zero-order chi connectivity index (χ0) is 15.9. The minimum atomic E-state index is 0. The molecule has 1 heterocycles. The second-order valence-electron chi connectivity index (χ2n) is 6.57. The predicted molar refractivity (Wildman–Crippen MR) is 97.6 cm³/mol. The Hall–Kier alpha value is -0.480. The molecule has 1 aliphatic carbocycles. The Morgan fingerprint density at radius 2 is 2.09 bits per heavy atom. The second kappa shape index (κ2) is 7.60. The summed E-state index contributed by atoms with van der Waals surface area (Å²) in [5.74, 6) is 0.531. The lowest BCUT2D eigenvalue weighted by Crippen LogP contribution is -2.52. The number of carbonyl (C=O) groups excluding carboxylic acids is 1. The van der Waals surface area contributed by atoms with Gasteiger partial charge in [0.15, 0.2) is 0 Å². The third-order valence-electron chi connectivity index (χ3n) is 4.91. The molecule has 4 atom stereocenters. The zero-order valence-corrected chi connectivity index (χ0v) is 15.5. The van der Waals surface area contributed by atoms with Gasteiger partial charge in [-0.2, -0.15) is 0 Å². The smallest absolute Gasteiger partial charge is 0.226 e. The number of likely N-dealkylation sites (tertiary alicyclic amines) is 1. The van der Waals surface area contributed by atoms with E-state index >= 15 is 0 Å². The number of halogens is 3. The van der Waals surface area contributed by atoms with E-state index in [0.717, 1.165) is 37.8 Å². The molecule has 1 saturated heterocycles. The highest BCUT2D eigenvalue weighted by atomic mass is 35.5. The van der Waals surface area contributed by atoms with Crippen LogP contribution < -0.4 is 5.73 Å². The van der Waals surface area contributed by atoms with Crippen LogP contribution in [0.1, 0.15) is 44.1 Å². The molecule has 2 N–H and O–H groups in total. The van der Waals surface area contributed by atoms with Crippen LogP contribution in [0, 0.1) is 5.92 Å². The summed E-state index contributed by atoms with van der Waals surface area (Å²) in [7, 11) is 0. The van der Waals surface area contributed by atoms with Crippen molar-refractivity contribution < 1.29 is 4.79 Å². The van der Waals surface area contributed by atoms with E-state index in [9.17, 15) is 4.79 Å². The van der Waals surface area contributed by atoms with Crippen LogP contribution in [0.2, 0.25) is 10.0 Å². The second-order valence-corrected chi connectivity index (χ2v) is 7.41. The van der Waals surface area contributed by atoms with Crippen molar-refractivity contribution in [2.75, 3.05) is 6.54 Å². The van der Waals surface area contributed by atoms with Gasteiger partial charge in [0.1, 0.15) is 0 Å². The summed E-state index contributed by atoms with van der Waals surface area (Å²) in [6, 6.07) is 5.75. The number of piperidine rings is 1. The highest BCUT2D eigenvalue weighted by Crippen LogP contribution is 2.51. The average molecular weight is 378 g/mol. The van der Waals surface area contributed by atoms with Gasteiger partial charge in [0, 0.05) is 34.6 Å². The Morgan fingerprint density at radius 3 is 2.74 bits per heavy atom. The molecule has 1 saturated carbocycles. The Bertz CT molecular complexity index is 579. The summed E-state index contributed by atoms with van der Waals surface area (Å²) < 4.78 is 0. The first-order valence-electron chi connectivity index (χ1n) is 8.00. The fourth-order valence-electron chi connectivity index (χ4n) is 3.60. The first-order valence-corrected chi connectivity index (χ1v) is 8.75. The molecule has 1 aliphatic heterocycles. The molecule has 1 aromatic rings. The summed E-state index contributed by atoms with van der Waals surface area (Å²) in [6.07, 6.45) is 4.13. The number of amides is 1. The van der Waals surface area contributed by atoms with Crippen molar-refractivity contribution >= 4 is 41.5 Å². The average Bonchev–Trinajstić information content (AvgIpc) is 3.26. The third-order valence-corrected chi connectivity index (χ3v) is 5.47. The number of hydrogen-bond acceptors (Lipinski definition) is 2. The lowest BCUT2D eigenvalue weighted by Gasteiger charge is -2.38. The van der Waals surface area contributed by atoms with Crippen LogP contribution in [0.25, 0.3) is 0 Å². The van der Waals surface area contributed by atoms with E-state index in [1.165, 1.54) is 0 Å². The van der Waals surface area contributed by atoms with Crippen molar-refractivity contribution in [3.8, 4) is 0 Å². The van der Waals surface area contributed by atoms with Crippen molar-refractivity contribution in [3.05, 3.63) is 33.8 Å². The van der Waals surface area contributed by atoms with Gasteiger partial charge in [-0.25, -0.2) is 0 Å².